The van der Waals surface area contributed by atoms with Crippen LogP contribution in [0.3, 0.4) is 0 Å². The Morgan fingerprint density at radius 2 is 1.91 bits per heavy atom. The van der Waals surface area contributed by atoms with Gasteiger partial charge >= 0.3 is 12.1 Å². The van der Waals surface area contributed by atoms with E-state index < -0.39 is 12.2 Å². The Kier molecular flexibility index (Phi) is 7.27. The SMILES string of the molecule is CNC(=O)N(C)CC(O)CN1[C@@H]2CC[C@H]1CC(NC(=O)Oc1nn(C(C)C)c3ccccc13)C2. The molecular weight excluding hydrogens is 436 g/mol. The first-order valence-electron chi connectivity index (χ1n) is 12.1. The van der Waals surface area contributed by atoms with E-state index in [1.54, 1.807) is 14.1 Å². The number of piperidine rings is 1. The molecule has 1 aromatic carbocycles. The highest BCUT2D eigenvalue weighted by Gasteiger charge is 2.42. The topological polar surface area (TPSA) is 112 Å². The Morgan fingerprint density at radius 1 is 1.24 bits per heavy atom. The molecule has 10 heteroatoms. The number of aromatic nitrogens is 2. The first-order valence-corrected chi connectivity index (χ1v) is 12.1. The van der Waals surface area contributed by atoms with Crippen molar-refractivity contribution in [3.63, 3.8) is 0 Å². The summed E-state index contributed by atoms with van der Waals surface area (Å²) < 4.78 is 7.51. The zero-order valence-electron chi connectivity index (χ0n) is 20.4. The number of likely N-dealkylation sites (N-methyl/N-ethyl adjacent to an activating group) is 1. The van der Waals surface area contributed by atoms with Crippen LogP contribution < -0.4 is 15.4 Å². The smallest absolute Gasteiger partial charge is 0.390 e. The lowest BCUT2D eigenvalue weighted by Gasteiger charge is -2.40. The second-order valence-corrected chi connectivity index (χ2v) is 9.73. The molecule has 2 bridgehead atoms. The number of benzene rings is 1. The number of para-hydroxylation sites is 1. The predicted molar refractivity (Wildman–Crippen MR) is 129 cm³/mol. The zero-order valence-corrected chi connectivity index (χ0v) is 20.4. The summed E-state index contributed by atoms with van der Waals surface area (Å²) in [5.41, 5.74) is 0.937. The summed E-state index contributed by atoms with van der Waals surface area (Å²) in [7, 11) is 3.25. The predicted octanol–water partition coefficient (Wildman–Crippen LogP) is 2.33. The van der Waals surface area contributed by atoms with E-state index in [0.29, 0.717) is 24.5 Å². The molecule has 0 aliphatic carbocycles. The van der Waals surface area contributed by atoms with E-state index in [9.17, 15) is 14.7 Å². The number of aliphatic hydroxyl groups is 1. The van der Waals surface area contributed by atoms with Gasteiger partial charge in [0.25, 0.3) is 5.88 Å². The summed E-state index contributed by atoms with van der Waals surface area (Å²) in [6.45, 7) is 4.88. The maximum atomic E-state index is 12.7. The van der Waals surface area contributed by atoms with Gasteiger partial charge in [-0.1, -0.05) is 12.1 Å². The number of aliphatic hydroxyl groups excluding tert-OH is 1. The molecule has 10 nitrogen and oxygen atoms in total. The van der Waals surface area contributed by atoms with Gasteiger partial charge < -0.3 is 25.4 Å². The van der Waals surface area contributed by atoms with Gasteiger partial charge in [0, 0.05) is 51.4 Å². The highest BCUT2D eigenvalue weighted by molar-refractivity contribution is 5.87. The number of fused-ring (bicyclic) bond motifs is 3. The van der Waals surface area contributed by atoms with Gasteiger partial charge in [-0.2, -0.15) is 0 Å². The molecule has 2 fully saturated rings. The van der Waals surface area contributed by atoms with Gasteiger partial charge in [0.2, 0.25) is 0 Å². The van der Waals surface area contributed by atoms with Crippen molar-refractivity contribution in [2.45, 2.75) is 69.8 Å². The lowest BCUT2D eigenvalue weighted by molar-refractivity contribution is 0.0421. The maximum absolute atomic E-state index is 12.7. The van der Waals surface area contributed by atoms with Crippen molar-refractivity contribution in [2.24, 2.45) is 0 Å². The molecule has 2 aromatic rings. The first kappa shape index (κ1) is 24.3. The zero-order chi connectivity index (χ0) is 24.4. The summed E-state index contributed by atoms with van der Waals surface area (Å²) in [4.78, 5) is 28.3. The van der Waals surface area contributed by atoms with Gasteiger partial charge in [-0.3, -0.25) is 9.58 Å². The van der Waals surface area contributed by atoms with E-state index in [1.807, 2.05) is 42.8 Å². The van der Waals surface area contributed by atoms with Gasteiger partial charge in [0.05, 0.1) is 17.0 Å². The molecule has 3 N–H and O–H groups in total. The normalized spacial score (nSPS) is 23.2. The van der Waals surface area contributed by atoms with Crippen molar-refractivity contribution in [3.8, 4) is 5.88 Å². The third-order valence-corrected chi connectivity index (χ3v) is 6.93. The number of carbonyl (C=O) groups excluding carboxylic acids is 2. The number of nitrogens with zero attached hydrogens (tertiary/aromatic N) is 4. The molecule has 2 aliphatic rings. The van der Waals surface area contributed by atoms with E-state index in [2.05, 4.69) is 20.6 Å². The maximum Gasteiger partial charge on any atom is 0.414 e. The highest BCUT2D eigenvalue weighted by Crippen LogP contribution is 2.36. The molecule has 2 aliphatic heterocycles. The van der Waals surface area contributed by atoms with Crippen LogP contribution >= 0.6 is 0 Å². The van der Waals surface area contributed by atoms with Crippen molar-refractivity contribution in [1.29, 1.82) is 0 Å². The summed E-state index contributed by atoms with van der Waals surface area (Å²) in [5, 5.41) is 21.5. The molecular formula is C24H36N6O4. The minimum Gasteiger partial charge on any atom is -0.390 e. The Labute approximate surface area is 200 Å². The molecule has 2 saturated heterocycles. The minimum absolute atomic E-state index is 0.0189. The van der Waals surface area contributed by atoms with Crippen LogP contribution in [0, 0.1) is 0 Å². The molecule has 34 heavy (non-hydrogen) atoms. The molecule has 0 radical (unpaired) electrons. The van der Waals surface area contributed by atoms with Gasteiger partial charge in [0.1, 0.15) is 0 Å². The molecule has 3 amide bonds. The second kappa shape index (κ2) is 10.2. The molecule has 1 aromatic heterocycles. The number of carbonyl (C=O) groups is 2. The van der Waals surface area contributed by atoms with E-state index in [1.165, 1.54) is 4.90 Å². The standard InChI is InChI=1S/C24H36N6O4/c1-15(2)30-21-8-6-5-7-20(21)22(27-30)34-24(33)26-16-11-17-9-10-18(12-16)29(17)14-19(31)13-28(4)23(32)25-3/h5-8,15-19,31H,9-14H2,1-4H3,(H,25,32)(H,26,33)/t16?,17-,18+,19?. The van der Waals surface area contributed by atoms with Crippen LogP contribution in [0.5, 0.6) is 5.88 Å². The third kappa shape index (κ3) is 5.12. The van der Waals surface area contributed by atoms with Gasteiger partial charge in [0.15, 0.2) is 0 Å². The first-order chi connectivity index (χ1) is 16.3. The number of hydrogen-bond acceptors (Lipinski definition) is 6. The summed E-state index contributed by atoms with van der Waals surface area (Å²) in [5.74, 6) is 0.325. The molecule has 3 heterocycles. The fourth-order valence-corrected chi connectivity index (χ4v) is 5.39. The Hall–Kier alpha value is -2.85. The van der Waals surface area contributed by atoms with Crippen molar-refractivity contribution in [1.82, 2.24) is 30.2 Å². The highest BCUT2D eigenvalue weighted by atomic mass is 16.6. The molecule has 0 spiro atoms. The second-order valence-electron chi connectivity index (χ2n) is 9.73. The molecule has 4 atom stereocenters. The largest absolute Gasteiger partial charge is 0.414 e. The quantitative estimate of drug-likeness (QED) is 0.570. The van der Waals surface area contributed by atoms with Crippen LogP contribution in [0.4, 0.5) is 9.59 Å². The minimum atomic E-state index is -0.621. The van der Waals surface area contributed by atoms with E-state index in [-0.39, 0.29) is 24.7 Å². The third-order valence-electron chi connectivity index (χ3n) is 6.93. The average molecular weight is 473 g/mol. The van der Waals surface area contributed by atoms with Crippen LogP contribution in [0.15, 0.2) is 24.3 Å². The fourth-order valence-electron chi connectivity index (χ4n) is 5.39. The lowest BCUT2D eigenvalue weighted by atomic mass is 9.97. The number of rotatable bonds is 7. The number of urea groups is 1. The summed E-state index contributed by atoms with van der Waals surface area (Å²) >= 11 is 0. The van der Waals surface area contributed by atoms with E-state index >= 15 is 0 Å². The van der Waals surface area contributed by atoms with Crippen molar-refractivity contribution in [2.75, 3.05) is 27.2 Å². The molecule has 4 rings (SSSR count). The lowest BCUT2D eigenvalue weighted by Crippen LogP contribution is -2.53. The van der Waals surface area contributed by atoms with Crippen LogP contribution in [0.1, 0.15) is 45.6 Å². The van der Waals surface area contributed by atoms with Gasteiger partial charge in [-0.05, 0) is 51.7 Å². The Balaban J connectivity index is 1.33. The number of amides is 3. The van der Waals surface area contributed by atoms with Crippen molar-refractivity contribution < 1.29 is 19.4 Å². The Morgan fingerprint density at radius 3 is 2.56 bits per heavy atom. The van der Waals surface area contributed by atoms with Crippen molar-refractivity contribution >= 4 is 23.0 Å². The van der Waals surface area contributed by atoms with Crippen LogP contribution in [0.2, 0.25) is 0 Å². The molecule has 2 unspecified atom stereocenters. The molecule has 186 valence electrons. The van der Waals surface area contributed by atoms with E-state index in [4.69, 9.17) is 4.74 Å². The monoisotopic (exact) mass is 472 g/mol. The Bertz CT molecular complexity index is 1010. The van der Waals surface area contributed by atoms with Crippen LogP contribution in [-0.4, -0.2) is 88.2 Å². The van der Waals surface area contributed by atoms with Gasteiger partial charge in [-0.25, -0.2) is 9.59 Å². The van der Waals surface area contributed by atoms with E-state index in [0.717, 1.165) is 36.6 Å². The number of nitrogens with one attached hydrogen (secondary N) is 2. The van der Waals surface area contributed by atoms with Crippen LogP contribution in [0.25, 0.3) is 10.9 Å². The molecule has 0 saturated carbocycles. The fraction of sp³-hybridized carbons (Fsp3) is 0.625. The van der Waals surface area contributed by atoms with Crippen LogP contribution in [-0.2, 0) is 0 Å². The van der Waals surface area contributed by atoms with Crippen molar-refractivity contribution in [3.05, 3.63) is 24.3 Å². The average Bonchev–Trinajstić information content (AvgIpc) is 3.26. The summed E-state index contributed by atoms with van der Waals surface area (Å²) in [6, 6.07) is 8.29. The number of ether oxygens (including phenoxy) is 1. The van der Waals surface area contributed by atoms with Gasteiger partial charge in [-0.15, -0.1) is 5.10 Å². The summed E-state index contributed by atoms with van der Waals surface area (Å²) in [6.07, 6.45) is 2.60. The number of hydrogen-bond donors (Lipinski definition) is 3.